The SMILES string of the molecule is CC1(C)C2CC3CC(C2)CC1(CC(=O)c1cc2c(N)cccc2c(=O)o1)C3. The molecule has 4 heteroatoms. The summed E-state index contributed by atoms with van der Waals surface area (Å²) in [5, 5.41) is 1.04. The smallest absolute Gasteiger partial charge is 0.344 e. The summed E-state index contributed by atoms with van der Waals surface area (Å²) in [7, 11) is 0. The highest BCUT2D eigenvalue weighted by Crippen LogP contribution is 2.69. The molecule has 0 spiro atoms. The fourth-order valence-corrected chi connectivity index (χ4v) is 6.78. The Hall–Kier alpha value is -2.10. The molecule has 1 heterocycles. The summed E-state index contributed by atoms with van der Waals surface area (Å²) >= 11 is 0. The van der Waals surface area contributed by atoms with Crippen molar-refractivity contribution in [3.63, 3.8) is 0 Å². The van der Waals surface area contributed by atoms with E-state index in [1.54, 1.807) is 24.3 Å². The van der Waals surface area contributed by atoms with Gasteiger partial charge in [-0.15, -0.1) is 0 Å². The summed E-state index contributed by atoms with van der Waals surface area (Å²) in [6.45, 7) is 4.72. The molecular weight excluding hydrogens is 338 g/mol. The molecule has 0 amide bonds. The van der Waals surface area contributed by atoms with Gasteiger partial charge >= 0.3 is 5.63 Å². The quantitative estimate of drug-likeness (QED) is 0.626. The van der Waals surface area contributed by atoms with E-state index >= 15 is 0 Å². The Bertz CT molecular complexity index is 988. The number of hydrogen-bond donors (Lipinski definition) is 1. The number of Topliss-reactive ketones (excluding diaryl/α,β-unsaturated/α-hetero) is 1. The minimum Gasteiger partial charge on any atom is -0.419 e. The Morgan fingerprint density at radius 1 is 1.15 bits per heavy atom. The topological polar surface area (TPSA) is 73.3 Å². The van der Waals surface area contributed by atoms with Crippen LogP contribution < -0.4 is 11.4 Å². The standard InChI is InChI=1S/C23H27NO3/c1-22(2)15-7-13-6-14(8-15)11-23(22,10-13)12-19(25)20-9-17-16(21(26)27-20)4-3-5-18(17)24/h3-5,9,13-15H,6-8,10-12,24H2,1-2H3. The van der Waals surface area contributed by atoms with Gasteiger partial charge in [-0.1, -0.05) is 19.9 Å². The maximum atomic E-state index is 13.3. The largest absolute Gasteiger partial charge is 0.419 e. The molecule has 4 fully saturated rings. The van der Waals surface area contributed by atoms with E-state index in [0.29, 0.717) is 22.9 Å². The maximum absolute atomic E-state index is 13.3. The molecule has 4 saturated carbocycles. The third-order valence-corrected chi connectivity index (χ3v) is 8.26. The van der Waals surface area contributed by atoms with Gasteiger partial charge in [0.25, 0.3) is 0 Å². The van der Waals surface area contributed by atoms with Crippen LogP contribution in [0.3, 0.4) is 0 Å². The average Bonchev–Trinajstić information content (AvgIpc) is 2.60. The fraction of sp³-hybridized carbons (Fsp3) is 0.565. The third-order valence-electron chi connectivity index (χ3n) is 8.26. The van der Waals surface area contributed by atoms with E-state index in [4.69, 9.17) is 10.2 Å². The van der Waals surface area contributed by atoms with Crippen molar-refractivity contribution in [3.8, 4) is 0 Å². The van der Waals surface area contributed by atoms with E-state index in [2.05, 4.69) is 13.8 Å². The highest BCUT2D eigenvalue weighted by atomic mass is 16.4. The highest BCUT2D eigenvalue weighted by Gasteiger charge is 2.61. The number of nitrogen functional groups attached to an aromatic ring is 1. The van der Waals surface area contributed by atoms with Crippen molar-refractivity contribution < 1.29 is 9.21 Å². The second-order valence-corrected chi connectivity index (χ2v) is 9.85. The predicted octanol–water partition coefficient (Wildman–Crippen LogP) is 4.80. The van der Waals surface area contributed by atoms with Crippen molar-refractivity contribution in [3.05, 3.63) is 40.4 Å². The summed E-state index contributed by atoms with van der Waals surface area (Å²) < 4.78 is 5.43. The molecule has 142 valence electrons. The molecule has 1 aromatic carbocycles. The van der Waals surface area contributed by atoms with Crippen molar-refractivity contribution >= 4 is 22.2 Å². The molecule has 4 nitrogen and oxygen atoms in total. The van der Waals surface area contributed by atoms with E-state index < -0.39 is 5.63 Å². The zero-order valence-corrected chi connectivity index (χ0v) is 16.1. The number of benzene rings is 1. The van der Waals surface area contributed by atoms with Gasteiger partial charge in [0.1, 0.15) is 0 Å². The summed E-state index contributed by atoms with van der Waals surface area (Å²) in [5.74, 6) is 2.37. The van der Waals surface area contributed by atoms with Crippen LogP contribution in [0.25, 0.3) is 10.8 Å². The first-order valence-corrected chi connectivity index (χ1v) is 10.1. The molecule has 6 rings (SSSR count). The van der Waals surface area contributed by atoms with Gasteiger partial charge in [-0.2, -0.15) is 0 Å². The van der Waals surface area contributed by atoms with Crippen LogP contribution in [0.4, 0.5) is 5.69 Å². The first kappa shape index (κ1) is 17.0. The number of carbonyl (C=O) groups is 1. The number of fused-ring (bicyclic) bond motifs is 1. The number of rotatable bonds is 3. The Kier molecular flexibility index (Phi) is 3.45. The molecule has 0 saturated heterocycles. The maximum Gasteiger partial charge on any atom is 0.344 e. The van der Waals surface area contributed by atoms with E-state index in [1.807, 2.05) is 0 Å². The molecule has 27 heavy (non-hydrogen) atoms. The second-order valence-electron chi connectivity index (χ2n) is 9.85. The van der Waals surface area contributed by atoms with Gasteiger partial charge in [0.15, 0.2) is 11.5 Å². The van der Waals surface area contributed by atoms with E-state index in [1.165, 1.54) is 19.3 Å². The molecule has 2 unspecified atom stereocenters. The zero-order valence-electron chi connectivity index (χ0n) is 16.1. The van der Waals surface area contributed by atoms with Crippen molar-refractivity contribution in [1.82, 2.24) is 0 Å². The Balaban J connectivity index is 1.53. The van der Waals surface area contributed by atoms with Crippen LogP contribution in [0.5, 0.6) is 0 Å². The van der Waals surface area contributed by atoms with Gasteiger partial charge in [-0.05, 0) is 78.9 Å². The summed E-state index contributed by atoms with van der Waals surface area (Å²) in [4.78, 5) is 25.6. The number of carbonyl (C=O) groups excluding carboxylic acids is 1. The summed E-state index contributed by atoms with van der Waals surface area (Å²) in [5.41, 5.74) is 6.25. The van der Waals surface area contributed by atoms with Crippen molar-refractivity contribution in [1.29, 1.82) is 0 Å². The molecule has 4 aliphatic carbocycles. The monoisotopic (exact) mass is 365 g/mol. The minimum atomic E-state index is -0.479. The van der Waals surface area contributed by atoms with Crippen LogP contribution >= 0.6 is 0 Å². The lowest BCUT2D eigenvalue weighted by molar-refractivity contribution is -0.158. The molecule has 2 N–H and O–H groups in total. The van der Waals surface area contributed by atoms with Crippen LogP contribution in [0.1, 0.15) is 62.9 Å². The van der Waals surface area contributed by atoms with Gasteiger partial charge in [0, 0.05) is 17.5 Å². The molecule has 4 bridgehead atoms. The predicted molar refractivity (Wildman–Crippen MR) is 106 cm³/mol. The number of anilines is 1. The number of nitrogens with two attached hydrogens (primary N) is 1. The Morgan fingerprint density at radius 3 is 2.56 bits per heavy atom. The van der Waals surface area contributed by atoms with Crippen molar-refractivity contribution in [2.75, 3.05) is 5.73 Å². The number of ketones is 1. The van der Waals surface area contributed by atoms with Gasteiger partial charge in [0.2, 0.25) is 0 Å². The normalized spacial score (nSPS) is 33.5. The van der Waals surface area contributed by atoms with Crippen LogP contribution in [0.15, 0.2) is 33.5 Å². The van der Waals surface area contributed by atoms with Crippen LogP contribution in [-0.4, -0.2) is 5.78 Å². The van der Waals surface area contributed by atoms with Crippen LogP contribution in [-0.2, 0) is 0 Å². The molecule has 0 aliphatic heterocycles. The lowest BCUT2D eigenvalue weighted by Gasteiger charge is -2.66. The van der Waals surface area contributed by atoms with Crippen molar-refractivity contribution in [2.24, 2.45) is 28.6 Å². The molecule has 0 radical (unpaired) electrons. The first-order valence-electron chi connectivity index (χ1n) is 10.1. The lowest BCUT2D eigenvalue weighted by atomic mass is 9.39. The number of hydrogen-bond acceptors (Lipinski definition) is 4. The second kappa shape index (κ2) is 5.46. The third kappa shape index (κ3) is 2.35. The Labute approximate surface area is 159 Å². The zero-order chi connectivity index (χ0) is 19.0. The minimum absolute atomic E-state index is 0.0363. The first-order chi connectivity index (χ1) is 12.8. The van der Waals surface area contributed by atoms with Gasteiger partial charge < -0.3 is 10.2 Å². The fourth-order valence-electron chi connectivity index (χ4n) is 6.78. The van der Waals surface area contributed by atoms with E-state index in [-0.39, 0.29) is 22.4 Å². The van der Waals surface area contributed by atoms with Crippen LogP contribution in [0.2, 0.25) is 0 Å². The summed E-state index contributed by atoms with van der Waals surface area (Å²) in [6.07, 6.45) is 6.73. The molecule has 4 aliphatic rings. The summed E-state index contributed by atoms with van der Waals surface area (Å²) in [6, 6.07) is 6.84. The molecule has 1 aromatic heterocycles. The average molecular weight is 365 g/mol. The molecular formula is C23H27NO3. The van der Waals surface area contributed by atoms with Gasteiger partial charge in [0.05, 0.1) is 5.39 Å². The van der Waals surface area contributed by atoms with Crippen molar-refractivity contribution in [2.45, 2.75) is 52.4 Å². The lowest BCUT2D eigenvalue weighted by Crippen LogP contribution is -2.58. The molecule has 2 aromatic rings. The van der Waals surface area contributed by atoms with E-state index in [9.17, 15) is 9.59 Å². The highest BCUT2D eigenvalue weighted by molar-refractivity contribution is 6.00. The van der Waals surface area contributed by atoms with E-state index in [0.717, 1.165) is 30.6 Å². The van der Waals surface area contributed by atoms with Gasteiger partial charge in [-0.25, -0.2) is 4.79 Å². The van der Waals surface area contributed by atoms with Gasteiger partial charge in [-0.3, -0.25) is 4.79 Å². The Morgan fingerprint density at radius 2 is 1.85 bits per heavy atom. The van der Waals surface area contributed by atoms with Crippen LogP contribution in [0, 0.1) is 28.6 Å². The molecule has 2 atom stereocenters.